The van der Waals surface area contributed by atoms with Gasteiger partial charge in [0.1, 0.15) is 12.0 Å². The molecule has 0 aliphatic carbocycles. The van der Waals surface area contributed by atoms with E-state index < -0.39 is 30.0 Å². The Bertz CT molecular complexity index is 320. The molecule has 18 heavy (non-hydrogen) atoms. The molecule has 1 aliphatic heterocycles. The smallest absolute Gasteiger partial charge is 0.354 e. The topological polar surface area (TPSA) is 70.2 Å². The van der Waals surface area contributed by atoms with Crippen LogP contribution in [0.2, 0.25) is 0 Å². The molecule has 0 aromatic heterocycles. The van der Waals surface area contributed by atoms with E-state index in [1.165, 1.54) is 0 Å². The molecule has 3 N–H and O–H groups in total. The summed E-state index contributed by atoms with van der Waals surface area (Å²) in [4.78, 5) is 23.0. The first-order chi connectivity index (χ1) is 8.36. The summed E-state index contributed by atoms with van der Waals surface area (Å²) in [5.41, 5.74) is 0. The van der Waals surface area contributed by atoms with Crippen molar-refractivity contribution in [2.45, 2.75) is 25.1 Å². The molecule has 0 bridgehead atoms. The van der Waals surface area contributed by atoms with Crippen LogP contribution >= 0.6 is 0 Å². The lowest BCUT2D eigenvalue weighted by molar-refractivity contribution is -0.171. The Labute approximate surface area is 102 Å². The van der Waals surface area contributed by atoms with E-state index in [2.05, 4.69) is 10.6 Å². The number of rotatable bonds is 4. The second kappa shape index (κ2) is 6.03. The molecule has 0 spiro atoms. The second-order valence-electron chi connectivity index (χ2n) is 4.13. The largest absolute Gasteiger partial charge is 0.408 e. The minimum Gasteiger partial charge on any atom is -0.354 e. The zero-order chi connectivity index (χ0) is 13.8. The van der Waals surface area contributed by atoms with Gasteiger partial charge in [0.25, 0.3) is 0 Å². The average molecular weight is 267 g/mol. The van der Waals surface area contributed by atoms with Crippen LogP contribution in [-0.4, -0.2) is 44.2 Å². The van der Waals surface area contributed by atoms with Crippen LogP contribution in [0.25, 0.3) is 0 Å². The Hall–Kier alpha value is -1.31. The van der Waals surface area contributed by atoms with E-state index in [1.807, 2.05) is 5.32 Å². The number of hydrogen-bond acceptors (Lipinski definition) is 3. The Morgan fingerprint density at radius 1 is 1.39 bits per heavy atom. The number of amides is 2. The zero-order valence-electron chi connectivity index (χ0n) is 9.93. The van der Waals surface area contributed by atoms with Crippen LogP contribution in [0.15, 0.2) is 0 Å². The first kappa shape index (κ1) is 14.7. The predicted octanol–water partition coefficient (Wildman–Crippen LogP) is -0.221. The van der Waals surface area contributed by atoms with Crippen molar-refractivity contribution in [2.75, 3.05) is 20.1 Å². The minimum absolute atomic E-state index is 0.0819. The maximum Gasteiger partial charge on any atom is 0.408 e. The van der Waals surface area contributed by atoms with Gasteiger partial charge in [-0.05, 0) is 19.9 Å². The average Bonchev–Trinajstić information content (AvgIpc) is 2.27. The highest BCUT2D eigenvalue weighted by atomic mass is 19.4. The van der Waals surface area contributed by atoms with Crippen molar-refractivity contribution in [3.63, 3.8) is 0 Å². The van der Waals surface area contributed by atoms with E-state index in [0.717, 1.165) is 0 Å². The number of hydrogen-bond donors (Lipinski definition) is 3. The van der Waals surface area contributed by atoms with E-state index in [9.17, 15) is 22.8 Å². The number of nitrogens with one attached hydrogen (secondary N) is 3. The molecule has 2 atom stereocenters. The zero-order valence-corrected chi connectivity index (χ0v) is 9.93. The lowest BCUT2D eigenvalue weighted by atomic mass is 9.93. The van der Waals surface area contributed by atoms with E-state index >= 15 is 0 Å². The normalized spacial score (nSPS) is 24.6. The minimum atomic E-state index is -4.46. The van der Waals surface area contributed by atoms with Gasteiger partial charge in [0.05, 0.1) is 0 Å². The Morgan fingerprint density at radius 3 is 2.56 bits per heavy atom. The van der Waals surface area contributed by atoms with Crippen molar-refractivity contribution in [1.29, 1.82) is 0 Å². The molecule has 0 aromatic carbocycles. The quantitative estimate of drug-likeness (QED) is 0.487. The van der Waals surface area contributed by atoms with Gasteiger partial charge in [0, 0.05) is 13.1 Å². The highest BCUT2D eigenvalue weighted by Gasteiger charge is 2.45. The van der Waals surface area contributed by atoms with Gasteiger partial charge in [0.2, 0.25) is 11.8 Å². The van der Waals surface area contributed by atoms with Crippen LogP contribution in [0.1, 0.15) is 12.8 Å². The van der Waals surface area contributed by atoms with Crippen LogP contribution in [-0.2, 0) is 9.59 Å². The number of carbonyl (C=O) groups is 2. The lowest BCUT2D eigenvalue weighted by Gasteiger charge is -2.29. The molecule has 1 aliphatic rings. The van der Waals surface area contributed by atoms with Crippen LogP contribution in [0, 0.1) is 5.92 Å². The highest BCUT2D eigenvalue weighted by molar-refractivity contribution is 6.00. The molecule has 5 nitrogen and oxygen atoms in total. The molecule has 2 unspecified atom stereocenters. The maximum absolute atomic E-state index is 12.4. The molecule has 8 heteroatoms. The summed E-state index contributed by atoms with van der Waals surface area (Å²) in [7, 11) is 1.70. The SMILES string of the molecule is CNCCNC(=O)C1CCC(C(F)(F)F)NC1=O. The molecule has 0 radical (unpaired) electrons. The van der Waals surface area contributed by atoms with Crippen LogP contribution in [0.4, 0.5) is 13.2 Å². The second-order valence-corrected chi connectivity index (χ2v) is 4.13. The van der Waals surface area contributed by atoms with Gasteiger partial charge < -0.3 is 16.0 Å². The van der Waals surface area contributed by atoms with Gasteiger partial charge in [-0.1, -0.05) is 0 Å². The van der Waals surface area contributed by atoms with E-state index in [1.54, 1.807) is 7.05 Å². The van der Waals surface area contributed by atoms with Gasteiger partial charge in [-0.3, -0.25) is 9.59 Å². The standard InChI is InChI=1S/C10H16F3N3O2/c1-14-4-5-15-8(17)6-2-3-7(10(11,12)13)16-9(6)18/h6-7,14H,2-5H2,1H3,(H,15,17)(H,16,18). The predicted molar refractivity (Wildman–Crippen MR) is 57.6 cm³/mol. The Balaban J connectivity index is 2.47. The fourth-order valence-electron chi connectivity index (χ4n) is 1.74. The first-order valence-electron chi connectivity index (χ1n) is 5.65. The van der Waals surface area contributed by atoms with Crippen molar-refractivity contribution in [3.05, 3.63) is 0 Å². The molecule has 1 saturated heterocycles. The number of carbonyl (C=O) groups excluding carboxylic acids is 2. The van der Waals surface area contributed by atoms with Crippen molar-refractivity contribution in [2.24, 2.45) is 5.92 Å². The first-order valence-corrected chi connectivity index (χ1v) is 5.65. The summed E-state index contributed by atoms with van der Waals surface area (Å²) in [5, 5.41) is 7.13. The molecule has 0 aromatic rings. The summed E-state index contributed by atoms with van der Waals surface area (Å²) >= 11 is 0. The van der Waals surface area contributed by atoms with E-state index in [4.69, 9.17) is 0 Å². The summed E-state index contributed by atoms with van der Waals surface area (Å²) in [6, 6.07) is -1.84. The third kappa shape index (κ3) is 3.86. The monoisotopic (exact) mass is 267 g/mol. The summed E-state index contributed by atoms with van der Waals surface area (Å²) in [6.45, 7) is 0.868. The van der Waals surface area contributed by atoms with E-state index in [0.29, 0.717) is 13.1 Å². The molecular formula is C10H16F3N3O2. The molecule has 104 valence electrons. The van der Waals surface area contributed by atoms with Gasteiger partial charge in [-0.2, -0.15) is 13.2 Å². The highest BCUT2D eigenvalue weighted by Crippen LogP contribution is 2.28. The van der Waals surface area contributed by atoms with Crippen LogP contribution < -0.4 is 16.0 Å². The number of alkyl halides is 3. The van der Waals surface area contributed by atoms with Gasteiger partial charge in [-0.25, -0.2) is 0 Å². The van der Waals surface area contributed by atoms with Gasteiger partial charge in [0.15, 0.2) is 0 Å². The molecule has 1 heterocycles. The summed E-state index contributed by atoms with van der Waals surface area (Å²) < 4.78 is 37.1. The summed E-state index contributed by atoms with van der Waals surface area (Å²) in [6.07, 6.45) is -4.80. The van der Waals surface area contributed by atoms with Crippen molar-refractivity contribution < 1.29 is 22.8 Å². The Kier molecular flexibility index (Phi) is 4.94. The number of piperidine rings is 1. The molecule has 1 rings (SSSR count). The summed E-state index contributed by atoms with van der Waals surface area (Å²) in [5.74, 6) is -2.41. The van der Waals surface area contributed by atoms with Crippen molar-refractivity contribution in [3.8, 4) is 0 Å². The fourth-order valence-corrected chi connectivity index (χ4v) is 1.74. The van der Waals surface area contributed by atoms with E-state index in [-0.39, 0.29) is 12.8 Å². The van der Waals surface area contributed by atoms with Gasteiger partial charge in [-0.15, -0.1) is 0 Å². The number of likely N-dealkylation sites (N-methyl/N-ethyl adjacent to an activating group) is 1. The lowest BCUT2D eigenvalue weighted by Crippen LogP contribution is -2.54. The third-order valence-corrected chi connectivity index (χ3v) is 2.76. The van der Waals surface area contributed by atoms with Crippen molar-refractivity contribution >= 4 is 11.8 Å². The molecular weight excluding hydrogens is 251 g/mol. The molecule has 0 saturated carbocycles. The Morgan fingerprint density at radius 2 is 2.06 bits per heavy atom. The van der Waals surface area contributed by atoms with Gasteiger partial charge >= 0.3 is 6.18 Å². The third-order valence-electron chi connectivity index (χ3n) is 2.76. The number of halogens is 3. The van der Waals surface area contributed by atoms with Crippen molar-refractivity contribution in [1.82, 2.24) is 16.0 Å². The molecule has 1 fully saturated rings. The van der Waals surface area contributed by atoms with Crippen LogP contribution in [0.3, 0.4) is 0 Å². The fraction of sp³-hybridized carbons (Fsp3) is 0.800. The molecule has 2 amide bonds. The maximum atomic E-state index is 12.4. The van der Waals surface area contributed by atoms with Crippen LogP contribution in [0.5, 0.6) is 0 Å².